The Bertz CT molecular complexity index is 518. The quantitative estimate of drug-likeness (QED) is 0.303. The molecule has 1 rings (SSSR count). The fourth-order valence-corrected chi connectivity index (χ4v) is 2.20. The summed E-state index contributed by atoms with van der Waals surface area (Å²) in [6.45, 7) is 10.4. The lowest BCUT2D eigenvalue weighted by molar-refractivity contribution is -0.121. The van der Waals surface area contributed by atoms with Crippen LogP contribution in [0.25, 0.3) is 0 Å². The van der Waals surface area contributed by atoms with Crippen LogP contribution in [0.1, 0.15) is 39.2 Å². The number of nitrogens with zero attached hydrogens (tertiary/aromatic N) is 1. The molecule has 0 saturated carbocycles. The third kappa shape index (κ3) is 11.5. The molecule has 0 spiro atoms. The Labute approximate surface area is 157 Å². The highest BCUT2D eigenvalue weighted by molar-refractivity contribution is 5.81. The van der Waals surface area contributed by atoms with Crippen LogP contribution in [0.2, 0.25) is 0 Å². The van der Waals surface area contributed by atoms with Crippen molar-refractivity contribution in [3.8, 4) is 0 Å². The first-order chi connectivity index (χ1) is 12.6. The SMILES string of the molecule is CCNC(=NCCCOCC(C)C)NCCC(=O)NCc1ccccc1. The van der Waals surface area contributed by atoms with Crippen molar-refractivity contribution in [2.24, 2.45) is 10.9 Å². The Hall–Kier alpha value is -2.08. The highest BCUT2D eigenvalue weighted by atomic mass is 16.5. The van der Waals surface area contributed by atoms with E-state index < -0.39 is 0 Å². The minimum absolute atomic E-state index is 0.0271. The summed E-state index contributed by atoms with van der Waals surface area (Å²) in [6, 6.07) is 9.90. The fourth-order valence-electron chi connectivity index (χ4n) is 2.20. The van der Waals surface area contributed by atoms with Crippen LogP contribution < -0.4 is 16.0 Å². The Morgan fingerprint density at radius 2 is 1.92 bits per heavy atom. The van der Waals surface area contributed by atoms with Gasteiger partial charge in [-0.1, -0.05) is 44.2 Å². The lowest BCUT2D eigenvalue weighted by Gasteiger charge is -2.11. The van der Waals surface area contributed by atoms with Gasteiger partial charge in [-0.05, 0) is 24.8 Å². The van der Waals surface area contributed by atoms with Gasteiger partial charge in [-0.15, -0.1) is 0 Å². The number of rotatable bonds is 12. The van der Waals surface area contributed by atoms with Crippen LogP contribution in [-0.2, 0) is 16.1 Å². The normalized spacial score (nSPS) is 11.5. The number of carbonyl (C=O) groups is 1. The zero-order chi connectivity index (χ0) is 19.0. The van der Waals surface area contributed by atoms with E-state index in [0.717, 1.165) is 37.7 Å². The molecule has 0 radical (unpaired) electrons. The minimum atomic E-state index is 0.0271. The summed E-state index contributed by atoms with van der Waals surface area (Å²) in [6.07, 6.45) is 1.30. The smallest absolute Gasteiger partial charge is 0.222 e. The summed E-state index contributed by atoms with van der Waals surface area (Å²) >= 11 is 0. The Kier molecular flexibility index (Phi) is 11.9. The predicted molar refractivity (Wildman–Crippen MR) is 107 cm³/mol. The van der Waals surface area contributed by atoms with Gasteiger partial charge in [0.1, 0.15) is 0 Å². The molecule has 26 heavy (non-hydrogen) atoms. The first-order valence-corrected chi connectivity index (χ1v) is 9.52. The molecule has 0 aliphatic carbocycles. The second-order valence-corrected chi connectivity index (χ2v) is 6.52. The number of ether oxygens (including phenoxy) is 1. The number of hydrogen-bond acceptors (Lipinski definition) is 3. The standard InChI is InChI=1S/C20H34N4O2/c1-4-21-20(22-12-8-14-26-16-17(2)3)23-13-11-19(25)24-15-18-9-6-5-7-10-18/h5-7,9-10,17H,4,8,11-16H2,1-3H3,(H,24,25)(H2,21,22,23). The largest absolute Gasteiger partial charge is 0.381 e. The number of carbonyl (C=O) groups excluding carboxylic acids is 1. The van der Waals surface area contributed by atoms with E-state index in [1.165, 1.54) is 0 Å². The Balaban J connectivity index is 2.18. The summed E-state index contributed by atoms with van der Waals surface area (Å²) in [5.41, 5.74) is 1.10. The van der Waals surface area contributed by atoms with Gasteiger partial charge in [0, 0.05) is 45.8 Å². The van der Waals surface area contributed by atoms with E-state index in [1.807, 2.05) is 37.3 Å². The molecule has 6 heteroatoms. The van der Waals surface area contributed by atoms with Gasteiger partial charge in [-0.25, -0.2) is 0 Å². The Morgan fingerprint density at radius 1 is 1.15 bits per heavy atom. The molecule has 3 N–H and O–H groups in total. The van der Waals surface area contributed by atoms with Crippen LogP contribution in [-0.4, -0.2) is 44.7 Å². The molecule has 0 heterocycles. The Morgan fingerprint density at radius 3 is 2.62 bits per heavy atom. The van der Waals surface area contributed by atoms with Gasteiger partial charge in [0.25, 0.3) is 0 Å². The van der Waals surface area contributed by atoms with Gasteiger partial charge < -0.3 is 20.7 Å². The van der Waals surface area contributed by atoms with Crippen molar-refractivity contribution in [3.05, 3.63) is 35.9 Å². The van der Waals surface area contributed by atoms with Crippen LogP contribution in [0.5, 0.6) is 0 Å². The number of benzene rings is 1. The maximum Gasteiger partial charge on any atom is 0.222 e. The molecule has 1 aromatic rings. The van der Waals surface area contributed by atoms with E-state index in [-0.39, 0.29) is 5.91 Å². The van der Waals surface area contributed by atoms with Crippen molar-refractivity contribution in [1.29, 1.82) is 0 Å². The van der Waals surface area contributed by atoms with Crippen molar-refractivity contribution in [1.82, 2.24) is 16.0 Å². The molecule has 0 aromatic heterocycles. The number of guanidine groups is 1. The third-order valence-corrected chi connectivity index (χ3v) is 3.49. The maximum atomic E-state index is 11.9. The molecule has 0 aliphatic heterocycles. The average molecular weight is 363 g/mol. The predicted octanol–water partition coefficient (Wildman–Crippen LogP) is 2.31. The molecule has 0 atom stereocenters. The molecule has 0 aliphatic rings. The summed E-state index contributed by atoms with van der Waals surface area (Å²) in [5.74, 6) is 1.33. The molecule has 1 aromatic carbocycles. The van der Waals surface area contributed by atoms with Crippen molar-refractivity contribution in [3.63, 3.8) is 0 Å². The van der Waals surface area contributed by atoms with Crippen LogP contribution in [0.3, 0.4) is 0 Å². The maximum absolute atomic E-state index is 11.9. The number of hydrogen-bond donors (Lipinski definition) is 3. The average Bonchev–Trinajstić information content (AvgIpc) is 2.63. The summed E-state index contributed by atoms with van der Waals surface area (Å²) in [7, 11) is 0. The lowest BCUT2D eigenvalue weighted by atomic mass is 10.2. The first-order valence-electron chi connectivity index (χ1n) is 9.52. The van der Waals surface area contributed by atoms with Gasteiger partial charge in [0.2, 0.25) is 5.91 Å². The van der Waals surface area contributed by atoms with Crippen molar-refractivity contribution in [2.45, 2.75) is 40.2 Å². The summed E-state index contributed by atoms with van der Waals surface area (Å²) in [5, 5.41) is 9.31. The zero-order valence-corrected chi connectivity index (χ0v) is 16.4. The van der Waals surface area contributed by atoms with Crippen LogP contribution in [0.4, 0.5) is 0 Å². The van der Waals surface area contributed by atoms with E-state index in [1.54, 1.807) is 0 Å². The van der Waals surface area contributed by atoms with Gasteiger partial charge >= 0.3 is 0 Å². The topological polar surface area (TPSA) is 74.8 Å². The fraction of sp³-hybridized carbons (Fsp3) is 0.600. The van der Waals surface area contributed by atoms with E-state index in [4.69, 9.17) is 4.74 Å². The molecule has 0 saturated heterocycles. The molecule has 0 unspecified atom stereocenters. The highest BCUT2D eigenvalue weighted by Crippen LogP contribution is 1.97. The molecule has 0 bridgehead atoms. The molecular formula is C20H34N4O2. The summed E-state index contributed by atoms with van der Waals surface area (Å²) in [4.78, 5) is 16.4. The van der Waals surface area contributed by atoms with E-state index in [9.17, 15) is 4.79 Å². The zero-order valence-electron chi connectivity index (χ0n) is 16.4. The molecular weight excluding hydrogens is 328 g/mol. The van der Waals surface area contributed by atoms with Crippen LogP contribution >= 0.6 is 0 Å². The monoisotopic (exact) mass is 362 g/mol. The number of amides is 1. The van der Waals surface area contributed by atoms with Crippen molar-refractivity contribution < 1.29 is 9.53 Å². The third-order valence-electron chi connectivity index (χ3n) is 3.49. The molecule has 0 fully saturated rings. The molecule has 6 nitrogen and oxygen atoms in total. The minimum Gasteiger partial charge on any atom is -0.381 e. The summed E-state index contributed by atoms with van der Waals surface area (Å²) < 4.78 is 5.55. The van der Waals surface area contributed by atoms with Crippen LogP contribution in [0, 0.1) is 5.92 Å². The van der Waals surface area contributed by atoms with E-state index in [2.05, 4.69) is 34.8 Å². The highest BCUT2D eigenvalue weighted by Gasteiger charge is 2.03. The lowest BCUT2D eigenvalue weighted by Crippen LogP contribution is -2.39. The number of aliphatic imine (C=N–C) groups is 1. The van der Waals surface area contributed by atoms with Crippen LogP contribution in [0.15, 0.2) is 35.3 Å². The van der Waals surface area contributed by atoms with Crippen molar-refractivity contribution in [2.75, 3.05) is 32.8 Å². The molecule has 1 amide bonds. The molecule has 146 valence electrons. The van der Waals surface area contributed by atoms with Gasteiger partial charge in [-0.3, -0.25) is 9.79 Å². The van der Waals surface area contributed by atoms with E-state index >= 15 is 0 Å². The van der Waals surface area contributed by atoms with E-state index in [0.29, 0.717) is 32.0 Å². The number of nitrogens with one attached hydrogen (secondary N) is 3. The van der Waals surface area contributed by atoms with Gasteiger partial charge in [0.05, 0.1) is 0 Å². The second-order valence-electron chi connectivity index (χ2n) is 6.52. The van der Waals surface area contributed by atoms with Gasteiger partial charge in [0.15, 0.2) is 5.96 Å². The first kappa shape index (κ1) is 22.0. The van der Waals surface area contributed by atoms with Gasteiger partial charge in [-0.2, -0.15) is 0 Å². The second kappa shape index (κ2) is 14.1. The van der Waals surface area contributed by atoms with Crippen molar-refractivity contribution >= 4 is 11.9 Å².